The van der Waals surface area contributed by atoms with Crippen LogP contribution in [0.3, 0.4) is 0 Å². The first-order chi connectivity index (χ1) is 8.89. The number of ether oxygens (including phenoxy) is 1. The van der Waals surface area contributed by atoms with Crippen LogP contribution in [-0.2, 0) is 5.41 Å². The van der Waals surface area contributed by atoms with Crippen LogP contribution >= 0.6 is 0 Å². The molecule has 4 nitrogen and oxygen atoms in total. The van der Waals surface area contributed by atoms with Crippen molar-refractivity contribution in [1.29, 1.82) is 0 Å². The van der Waals surface area contributed by atoms with Crippen LogP contribution in [0.1, 0.15) is 32.8 Å². The van der Waals surface area contributed by atoms with E-state index in [2.05, 4.69) is 0 Å². The number of aromatic hydroxyl groups is 1. The predicted molar refractivity (Wildman–Crippen MR) is 74.0 cm³/mol. The zero-order valence-corrected chi connectivity index (χ0v) is 11.6. The third kappa shape index (κ3) is 2.30. The Morgan fingerprint density at radius 2 is 2.00 bits per heavy atom. The molecule has 0 fully saturated rings. The second kappa shape index (κ2) is 4.61. The fraction of sp³-hybridized carbons (Fsp3) is 0.400. The van der Waals surface area contributed by atoms with Gasteiger partial charge in [0.1, 0.15) is 5.58 Å². The first kappa shape index (κ1) is 13.5. The van der Waals surface area contributed by atoms with E-state index in [1.54, 1.807) is 6.07 Å². The van der Waals surface area contributed by atoms with Crippen LogP contribution in [0.4, 0.5) is 0 Å². The molecule has 0 radical (unpaired) electrons. The molecule has 4 heteroatoms. The molecule has 19 heavy (non-hydrogen) atoms. The van der Waals surface area contributed by atoms with Crippen LogP contribution in [0.5, 0.6) is 11.5 Å². The average Bonchev–Trinajstić information content (AvgIpc) is 2.37. The van der Waals surface area contributed by atoms with Crippen molar-refractivity contribution in [3.8, 4) is 11.5 Å². The highest BCUT2D eigenvalue weighted by atomic mass is 16.5. The number of phenols is 1. The van der Waals surface area contributed by atoms with Crippen LogP contribution in [-0.4, -0.2) is 12.2 Å². The standard InChI is InChI=1S/C15H18O4/c1-5-15(2,3)10-6-9-7-13(18-4)11(16)8-12(9)19-14(10)17/h6-8,16H,5H2,1-4H3. The van der Waals surface area contributed by atoms with E-state index in [9.17, 15) is 9.90 Å². The number of hydrogen-bond acceptors (Lipinski definition) is 4. The first-order valence-corrected chi connectivity index (χ1v) is 6.24. The first-order valence-electron chi connectivity index (χ1n) is 6.24. The molecule has 0 atom stereocenters. The Bertz CT molecular complexity index is 668. The quantitative estimate of drug-likeness (QED) is 0.863. The van der Waals surface area contributed by atoms with Gasteiger partial charge in [0.25, 0.3) is 0 Å². The lowest BCUT2D eigenvalue weighted by Crippen LogP contribution is -2.24. The van der Waals surface area contributed by atoms with Gasteiger partial charge in [-0.05, 0) is 24.0 Å². The molecular formula is C15H18O4. The minimum Gasteiger partial charge on any atom is -0.504 e. The van der Waals surface area contributed by atoms with Crippen molar-refractivity contribution in [1.82, 2.24) is 0 Å². The molecule has 1 aromatic heterocycles. The fourth-order valence-corrected chi connectivity index (χ4v) is 1.96. The lowest BCUT2D eigenvalue weighted by Gasteiger charge is -2.21. The molecule has 0 amide bonds. The van der Waals surface area contributed by atoms with Crippen molar-refractivity contribution in [3.63, 3.8) is 0 Å². The van der Waals surface area contributed by atoms with E-state index in [0.29, 0.717) is 16.9 Å². The molecule has 0 saturated heterocycles. The summed E-state index contributed by atoms with van der Waals surface area (Å²) in [5.41, 5.74) is 0.387. The normalized spacial score (nSPS) is 11.8. The summed E-state index contributed by atoms with van der Waals surface area (Å²) in [5, 5.41) is 10.4. The maximum atomic E-state index is 12.0. The third-order valence-corrected chi connectivity index (χ3v) is 3.65. The van der Waals surface area contributed by atoms with E-state index in [-0.39, 0.29) is 16.8 Å². The van der Waals surface area contributed by atoms with Crippen LogP contribution in [0.15, 0.2) is 27.4 Å². The number of hydrogen-bond donors (Lipinski definition) is 1. The molecule has 2 aromatic rings. The molecule has 0 aliphatic carbocycles. The molecule has 0 aliphatic rings. The molecular weight excluding hydrogens is 244 g/mol. The van der Waals surface area contributed by atoms with Crippen molar-refractivity contribution >= 4 is 11.0 Å². The Kier molecular flexibility index (Phi) is 3.27. The highest BCUT2D eigenvalue weighted by molar-refractivity contribution is 5.81. The van der Waals surface area contributed by atoms with Gasteiger partial charge in [-0.25, -0.2) is 4.79 Å². The molecule has 0 aliphatic heterocycles. The SMILES string of the molecule is CCC(C)(C)c1cc2cc(OC)c(O)cc2oc1=O. The average molecular weight is 262 g/mol. The summed E-state index contributed by atoms with van der Waals surface area (Å²) in [6.07, 6.45) is 0.832. The lowest BCUT2D eigenvalue weighted by molar-refractivity contribution is 0.373. The molecule has 0 spiro atoms. The highest BCUT2D eigenvalue weighted by Gasteiger charge is 2.23. The van der Waals surface area contributed by atoms with Gasteiger partial charge in [-0.15, -0.1) is 0 Å². The minimum atomic E-state index is -0.357. The van der Waals surface area contributed by atoms with Gasteiger partial charge in [-0.2, -0.15) is 0 Å². The molecule has 1 aromatic carbocycles. The van der Waals surface area contributed by atoms with Gasteiger partial charge < -0.3 is 14.3 Å². The maximum Gasteiger partial charge on any atom is 0.340 e. The molecule has 0 bridgehead atoms. The summed E-state index contributed by atoms with van der Waals surface area (Å²) in [7, 11) is 1.48. The van der Waals surface area contributed by atoms with E-state index < -0.39 is 0 Å². The monoisotopic (exact) mass is 262 g/mol. The number of phenolic OH excluding ortho intramolecular Hbond substituents is 1. The summed E-state index contributed by atoms with van der Waals surface area (Å²) in [5.74, 6) is 0.322. The van der Waals surface area contributed by atoms with Gasteiger partial charge in [0, 0.05) is 17.0 Å². The summed E-state index contributed by atoms with van der Waals surface area (Å²) >= 11 is 0. The molecule has 0 saturated carbocycles. The largest absolute Gasteiger partial charge is 0.504 e. The molecule has 2 rings (SSSR count). The smallest absolute Gasteiger partial charge is 0.340 e. The number of methoxy groups -OCH3 is 1. The van der Waals surface area contributed by atoms with Gasteiger partial charge in [0.15, 0.2) is 11.5 Å². The molecule has 102 valence electrons. The van der Waals surface area contributed by atoms with Gasteiger partial charge in [0.2, 0.25) is 0 Å². The highest BCUT2D eigenvalue weighted by Crippen LogP contribution is 2.33. The number of fused-ring (bicyclic) bond motifs is 1. The lowest BCUT2D eigenvalue weighted by atomic mass is 9.83. The fourth-order valence-electron chi connectivity index (χ4n) is 1.96. The molecule has 1 N–H and O–H groups in total. The van der Waals surface area contributed by atoms with E-state index in [1.165, 1.54) is 13.2 Å². The second-order valence-corrected chi connectivity index (χ2v) is 5.25. The topological polar surface area (TPSA) is 59.7 Å². The van der Waals surface area contributed by atoms with Crippen molar-refractivity contribution in [2.45, 2.75) is 32.6 Å². The minimum absolute atomic E-state index is 0.0411. The Balaban J connectivity index is 2.74. The Morgan fingerprint density at radius 3 is 2.58 bits per heavy atom. The second-order valence-electron chi connectivity index (χ2n) is 5.25. The summed E-state index contributed by atoms with van der Waals surface area (Å²) in [4.78, 5) is 12.0. The summed E-state index contributed by atoms with van der Waals surface area (Å²) < 4.78 is 10.4. The number of rotatable bonds is 3. The van der Waals surface area contributed by atoms with E-state index in [1.807, 2.05) is 26.8 Å². The van der Waals surface area contributed by atoms with Crippen LogP contribution in [0.2, 0.25) is 0 Å². The molecule has 1 heterocycles. The third-order valence-electron chi connectivity index (χ3n) is 3.65. The van der Waals surface area contributed by atoms with Gasteiger partial charge in [-0.1, -0.05) is 20.8 Å². The van der Waals surface area contributed by atoms with Crippen molar-refractivity contribution in [3.05, 3.63) is 34.2 Å². The number of benzene rings is 1. The van der Waals surface area contributed by atoms with Crippen LogP contribution in [0.25, 0.3) is 11.0 Å². The summed E-state index contributed by atoms with van der Waals surface area (Å²) in [6.45, 7) is 6.03. The zero-order valence-electron chi connectivity index (χ0n) is 11.6. The summed E-state index contributed by atoms with van der Waals surface area (Å²) in [6, 6.07) is 4.88. The Morgan fingerprint density at radius 1 is 1.32 bits per heavy atom. The van der Waals surface area contributed by atoms with E-state index in [4.69, 9.17) is 9.15 Å². The molecule has 0 unspecified atom stereocenters. The zero-order chi connectivity index (χ0) is 14.2. The maximum absolute atomic E-state index is 12.0. The van der Waals surface area contributed by atoms with Crippen LogP contribution < -0.4 is 10.4 Å². The van der Waals surface area contributed by atoms with Crippen molar-refractivity contribution in [2.75, 3.05) is 7.11 Å². The van der Waals surface area contributed by atoms with Crippen molar-refractivity contribution in [2.24, 2.45) is 0 Å². The van der Waals surface area contributed by atoms with Crippen LogP contribution in [0, 0.1) is 0 Å². The van der Waals surface area contributed by atoms with Gasteiger partial charge in [-0.3, -0.25) is 0 Å². The predicted octanol–water partition coefficient (Wildman–Crippen LogP) is 3.19. The van der Waals surface area contributed by atoms with Crippen molar-refractivity contribution < 1.29 is 14.3 Å². The van der Waals surface area contributed by atoms with Gasteiger partial charge in [0.05, 0.1) is 7.11 Å². The van der Waals surface area contributed by atoms with Gasteiger partial charge >= 0.3 is 5.63 Å². The Labute approximate surface area is 111 Å². The van der Waals surface area contributed by atoms with E-state index in [0.717, 1.165) is 11.8 Å². The van der Waals surface area contributed by atoms with E-state index >= 15 is 0 Å². The Hall–Kier alpha value is -1.97.